The summed E-state index contributed by atoms with van der Waals surface area (Å²) >= 11 is 0. The molecule has 3 aromatic rings. The van der Waals surface area contributed by atoms with E-state index >= 15 is 0 Å². The second kappa shape index (κ2) is 9.88. The number of amides is 2. The Kier molecular flexibility index (Phi) is 6.78. The van der Waals surface area contributed by atoms with E-state index in [2.05, 4.69) is 10.6 Å². The molecule has 0 fully saturated rings. The van der Waals surface area contributed by atoms with Crippen molar-refractivity contribution in [2.24, 2.45) is 0 Å². The number of hydrogen-bond acceptors (Lipinski definition) is 4. The normalized spacial score (nSPS) is 11.2. The Morgan fingerprint density at radius 1 is 0.933 bits per heavy atom. The van der Waals surface area contributed by atoms with Gasteiger partial charge in [-0.05, 0) is 35.4 Å². The molecular weight excluding hydrogens is 384 g/mol. The van der Waals surface area contributed by atoms with Gasteiger partial charge >= 0.3 is 6.09 Å². The Hall–Kier alpha value is -4.13. The highest BCUT2D eigenvalue weighted by Crippen LogP contribution is 2.25. The molecule has 0 saturated carbocycles. The smallest absolute Gasteiger partial charge is 0.405 e. The number of aldehydes is 1. The number of carbonyl (C=O) groups excluding carboxylic acids is 2. The second-order valence-electron chi connectivity index (χ2n) is 6.45. The molecular formula is C23H20N2O5. The molecule has 3 aromatic carbocycles. The minimum atomic E-state index is -1.15. The van der Waals surface area contributed by atoms with Gasteiger partial charge in [0.2, 0.25) is 0 Å². The average molecular weight is 404 g/mol. The first-order valence-electron chi connectivity index (χ1n) is 9.17. The van der Waals surface area contributed by atoms with Crippen LogP contribution in [0, 0.1) is 0 Å². The van der Waals surface area contributed by atoms with E-state index in [9.17, 15) is 19.5 Å². The number of carboxylic acid groups (broad SMARTS) is 1. The van der Waals surface area contributed by atoms with Crippen LogP contribution < -0.4 is 15.4 Å². The van der Waals surface area contributed by atoms with Crippen molar-refractivity contribution in [1.82, 2.24) is 5.32 Å². The van der Waals surface area contributed by atoms with Crippen LogP contribution in [0.4, 0.5) is 10.5 Å². The molecule has 1 atom stereocenters. The van der Waals surface area contributed by atoms with E-state index in [-0.39, 0.29) is 12.5 Å². The van der Waals surface area contributed by atoms with Gasteiger partial charge < -0.3 is 20.5 Å². The van der Waals surface area contributed by atoms with Crippen LogP contribution in [0.1, 0.15) is 27.5 Å². The number of anilines is 1. The Balaban J connectivity index is 1.68. The highest BCUT2D eigenvalue weighted by atomic mass is 16.5. The fourth-order valence-corrected chi connectivity index (χ4v) is 2.95. The molecule has 2 amide bonds. The molecule has 7 nitrogen and oxygen atoms in total. The lowest BCUT2D eigenvalue weighted by Gasteiger charge is -2.19. The van der Waals surface area contributed by atoms with Gasteiger partial charge in [-0.25, -0.2) is 4.79 Å². The van der Waals surface area contributed by atoms with Gasteiger partial charge in [-0.3, -0.25) is 9.59 Å². The van der Waals surface area contributed by atoms with Crippen LogP contribution in [0.25, 0.3) is 0 Å². The summed E-state index contributed by atoms with van der Waals surface area (Å²) in [7, 11) is 0. The van der Waals surface area contributed by atoms with Crippen LogP contribution in [0.15, 0.2) is 78.9 Å². The minimum absolute atomic E-state index is 0.239. The van der Waals surface area contributed by atoms with E-state index in [0.29, 0.717) is 28.8 Å². The molecule has 0 bridgehead atoms. The van der Waals surface area contributed by atoms with E-state index in [1.165, 1.54) is 0 Å². The van der Waals surface area contributed by atoms with Gasteiger partial charge in [0.1, 0.15) is 12.0 Å². The molecule has 0 aliphatic heterocycles. The largest absolute Gasteiger partial charge is 0.484 e. The maximum Gasteiger partial charge on any atom is 0.405 e. The number of nitrogens with one attached hydrogen (secondary N) is 2. The Morgan fingerprint density at radius 2 is 1.67 bits per heavy atom. The van der Waals surface area contributed by atoms with Crippen LogP contribution >= 0.6 is 0 Å². The van der Waals surface area contributed by atoms with E-state index < -0.39 is 12.1 Å². The first-order chi connectivity index (χ1) is 14.5. The summed E-state index contributed by atoms with van der Waals surface area (Å²) in [4.78, 5) is 34.2. The molecule has 0 aromatic heterocycles. The summed E-state index contributed by atoms with van der Waals surface area (Å²) in [5.74, 6) is 0.0455. The molecule has 0 spiro atoms. The lowest BCUT2D eigenvalue weighted by Crippen LogP contribution is -2.27. The molecule has 1 unspecified atom stereocenters. The fourth-order valence-electron chi connectivity index (χ4n) is 2.95. The van der Waals surface area contributed by atoms with Gasteiger partial charge in [0.25, 0.3) is 5.91 Å². The SMILES string of the molecule is O=Cc1cccc(NC(=O)COc2cccc(C(NC(=O)O)c3ccccc3)c2)c1. The average Bonchev–Trinajstić information content (AvgIpc) is 2.77. The summed E-state index contributed by atoms with van der Waals surface area (Å²) in [5, 5.41) is 14.4. The zero-order chi connectivity index (χ0) is 21.3. The maximum atomic E-state index is 12.2. The van der Waals surface area contributed by atoms with Crippen molar-refractivity contribution < 1.29 is 24.2 Å². The van der Waals surface area contributed by atoms with Crippen molar-refractivity contribution in [3.8, 4) is 5.75 Å². The third-order valence-electron chi connectivity index (χ3n) is 4.27. The van der Waals surface area contributed by atoms with E-state index in [1.807, 2.05) is 30.3 Å². The second-order valence-corrected chi connectivity index (χ2v) is 6.45. The topological polar surface area (TPSA) is 105 Å². The number of benzene rings is 3. The molecule has 3 N–H and O–H groups in total. The summed E-state index contributed by atoms with van der Waals surface area (Å²) in [6.07, 6.45) is -0.446. The Bertz CT molecular complexity index is 1040. The summed E-state index contributed by atoms with van der Waals surface area (Å²) in [5.41, 5.74) is 2.42. The molecule has 3 rings (SSSR count). The quantitative estimate of drug-likeness (QED) is 0.494. The van der Waals surface area contributed by atoms with Gasteiger partial charge in [0.15, 0.2) is 6.61 Å². The standard InChI is InChI=1S/C23H20N2O5/c26-14-16-6-4-10-19(12-16)24-21(27)15-30-20-11-5-9-18(13-20)22(25-23(28)29)17-7-2-1-3-8-17/h1-14,22,25H,15H2,(H,24,27)(H,28,29). The lowest BCUT2D eigenvalue weighted by atomic mass is 9.99. The van der Waals surface area contributed by atoms with Crippen LogP contribution in [0.5, 0.6) is 5.75 Å². The van der Waals surface area contributed by atoms with Gasteiger partial charge in [0.05, 0.1) is 6.04 Å². The Labute approximate surface area is 173 Å². The third kappa shape index (κ3) is 5.68. The molecule has 152 valence electrons. The first kappa shape index (κ1) is 20.6. The van der Waals surface area contributed by atoms with Crippen LogP contribution in [-0.2, 0) is 4.79 Å². The molecule has 0 aliphatic rings. The van der Waals surface area contributed by atoms with Crippen molar-refractivity contribution >= 4 is 24.0 Å². The van der Waals surface area contributed by atoms with Crippen molar-refractivity contribution in [3.63, 3.8) is 0 Å². The van der Waals surface area contributed by atoms with E-state index in [0.717, 1.165) is 5.56 Å². The number of rotatable bonds is 8. The van der Waals surface area contributed by atoms with Crippen molar-refractivity contribution in [2.45, 2.75) is 6.04 Å². The van der Waals surface area contributed by atoms with Gasteiger partial charge in [-0.15, -0.1) is 0 Å². The zero-order valence-electron chi connectivity index (χ0n) is 15.9. The lowest BCUT2D eigenvalue weighted by molar-refractivity contribution is -0.118. The van der Waals surface area contributed by atoms with Gasteiger partial charge in [-0.1, -0.05) is 54.6 Å². The monoisotopic (exact) mass is 404 g/mol. The Morgan fingerprint density at radius 3 is 2.40 bits per heavy atom. The molecule has 0 radical (unpaired) electrons. The van der Waals surface area contributed by atoms with E-state index in [1.54, 1.807) is 48.5 Å². The fraction of sp³-hybridized carbons (Fsp3) is 0.0870. The van der Waals surface area contributed by atoms with Crippen molar-refractivity contribution in [3.05, 3.63) is 95.6 Å². The van der Waals surface area contributed by atoms with E-state index in [4.69, 9.17) is 4.74 Å². The summed E-state index contributed by atoms with van der Waals surface area (Å²) in [6.45, 7) is -0.239. The van der Waals surface area contributed by atoms with Crippen molar-refractivity contribution in [2.75, 3.05) is 11.9 Å². The van der Waals surface area contributed by atoms with Gasteiger partial charge in [0, 0.05) is 11.3 Å². The number of ether oxygens (including phenoxy) is 1. The predicted octanol–water partition coefficient (Wildman–Crippen LogP) is 3.87. The number of hydrogen-bond donors (Lipinski definition) is 3. The van der Waals surface area contributed by atoms with Crippen molar-refractivity contribution in [1.29, 1.82) is 0 Å². The highest BCUT2D eigenvalue weighted by molar-refractivity contribution is 5.92. The predicted molar refractivity (Wildman–Crippen MR) is 112 cm³/mol. The zero-order valence-corrected chi connectivity index (χ0v) is 15.9. The highest BCUT2D eigenvalue weighted by Gasteiger charge is 2.17. The molecule has 0 aliphatic carbocycles. The van der Waals surface area contributed by atoms with Crippen LogP contribution in [0.2, 0.25) is 0 Å². The van der Waals surface area contributed by atoms with Crippen LogP contribution in [0.3, 0.4) is 0 Å². The first-order valence-corrected chi connectivity index (χ1v) is 9.17. The minimum Gasteiger partial charge on any atom is -0.484 e. The van der Waals surface area contributed by atoms with Gasteiger partial charge in [-0.2, -0.15) is 0 Å². The molecule has 0 saturated heterocycles. The van der Waals surface area contributed by atoms with Crippen LogP contribution in [-0.4, -0.2) is 30.0 Å². The summed E-state index contributed by atoms with van der Waals surface area (Å²) in [6, 6.07) is 22.0. The maximum absolute atomic E-state index is 12.2. The molecule has 30 heavy (non-hydrogen) atoms. The summed E-state index contributed by atoms with van der Waals surface area (Å²) < 4.78 is 5.57. The molecule has 7 heteroatoms. The third-order valence-corrected chi connectivity index (χ3v) is 4.27. The number of carbonyl (C=O) groups is 3. The molecule has 0 heterocycles.